The summed E-state index contributed by atoms with van der Waals surface area (Å²) in [7, 11) is 4.97. The molecule has 5 nitrogen and oxygen atoms in total. The van der Waals surface area contributed by atoms with Gasteiger partial charge in [-0.15, -0.1) is 0 Å². The van der Waals surface area contributed by atoms with Crippen molar-refractivity contribution in [2.45, 2.75) is 6.42 Å². The van der Waals surface area contributed by atoms with Crippen LogP contribution in [0.2, 0.25) is 5.02 Å². The van der Waals surface area contributed by atoms with Crippen LogP contribution in [-0.4, -0.2) is 22.0 Å². The highest BCUT2D eigenvalue weighted by Gasteiger charge is 2.14. The molecule has 0 fully saturated rings. The van der Waals surface area contributed by atoms with Gasteiger partial charge in [-0.25, -0.2) is 4.79 Å². The Balaban J connectivity index is 1.94. The van der Waals surface area contributed by atoms with Crippen molar-refractivity contribution in [3.63, 3.8) is 0 Å². The summed E-state index contributed by atoms with van der Waals surface area (Å²) in [5.74, 6) is 0.595. The molecule has 0 spiro atoms. The lowest BCUT2D eigenvalue weighted by molar-refractivity contribution is 0.0993. The zero-order valence-electron chi connectivity index (χ0n) is 13.7. The number of hydrogen-bond acceptors (Lipinski definition) is 3. The Kier molecular flexibility index (Phi) is 4.20. The Morgan fingerprint density at radius 1 is 1.08 bits per heavy atom. The van der Waals surface area contributed by atoms with E-state index >= 15 is 0 Å². The minimum atomic E-state index is -0.118. The van der Waals surface area contributed by atoms with Gasteiger partial charge in [0.25, 0.3) is 0 Å². The Bertz CT molecular complexity index is 1000. The molecule has 1 aromatic heterocycles. The number of nitrogens with zero attached hydrogens (tertiary/aromatic N) is 2. The third kappa shape index (κ3) is 2.71. The van der Waals surface area contributed by atoms with Gasteiger partial charge >= 0.3 is 5.69 Å². The Labute approximate surface area is 144 Å². The number of imidazole rings is 1. The molecular weight excluding hydrogens is 328 g/mol. The number of aromatic nitrogens is 2. The van der Waals surface area contributed by atoms with Crippen molar-refractivity contribution < 1.29 is 9.53 Å². The molecular formula is C18H17ClN2O3. The molecule has 124 valence electrons. The van der Waals surface area contributed by atoms with Crippen LogP contribution in [0.5, 0.6) is 5.75 Å². The molecule has 0 atom stereocenters. The first-order chi connectivity index (χ1) is 11.4. The predicted octanol–water partition coefficient (Wildman–Crippen LogP) is 2.96. The number of Topliss-reactive ketones (excluding diaryl/α,β-unsaturated/α-hetero) is 1. The third-order valence-electron chi connectivity index (χ3n) is 4.21. The number of carbonyl (C=O) groups is 1. The van der Waals surface area contributed by atoms with Crippen LogP contribution in [0, 0.1) is 0 Å². The molecule has 3 rings (SSSR count). The Morgan fingerprint density at radius 3 is 2.46 bits per heavy atom. The van der Waals surface area contributed by atoms with Gasteiger partial charge in [0.2, 0.25) is 0 Å². The summed E-state index contributed by atoms with van der Waals surface area (Å²) in [4.78, 5) is 24.6. The highest BCUT2D eigenvalue weighted by atomic mass is 35.5. The molecule has 0 aliphatic carbocycles. The Hall–Kier alpha value is -2.53. The fourth-order valence-corrected chi connectivity index (χ4v) is 2.99. The monoisotopic (exact) mass is 344 g/mol. The molecule has 0 aliphatic rings. The molecule has 24 heavy (non-hydrogen) atoms. The van der Waals surface area contributed by atoms with E-state index < -0.39 is 0 Å². The highest BCUT2D eigenvalue weighted by molar-refractivity contribution is 6.31. The average molecular weight is 345 g/mol. The van der Waals surface area contributed by atoms with Gasteiger partial charge in [-0.1, -0.05) is 17.7 Å². The molecule has 0 saturated carbocycles. The van der Waals surface area contributed by atoms with Gasteiger partial charge in [0, 0.05) is 31.1 Å². The topological polar surface area (TPSA) is 53.2 Å². The number of hydrogen-bond donors (Lipinski definition) is 0. The van der Waals surface area contributed by atoms with E-state index in [1.807, 2.05) is 0 Å². The summed E-state index contributed by atoms with van der Waals surface area (Å²) in [5.41, 5.74) is 2.70. The number of ketones is 1. The molecule has 0 N–H and O–H groups in total. The summed E-state index contributed by atoms with van der Waals surface area (Å²) in [6.45, 7) is 0. The lowest BCUT2D eigenvalue weighted by atomic mass is 10.0. The smallest absolute Gasteiger partial charge is 0.328 e. The van der Waals surface area contributed by atoms with Crippen molar-refractivity contribution in [3.05, 3.63) is 63.0 Å². The number of ether oxygens (including phenoxy) is 1. The summed E-state index contributed by atoms with van der Waals surface area (Å²) in [6, 6.07) is 10.5. The quantitative estimate of drug-likeness (QED) is 0.684. The number of methoxy groups -OCH3 is 1. The number of benzene rings is 2. The summed E-state index contributed by atoms with van der Waals surface area (Å²) in [6.07, 6.45) is 0.190. The maximum atomic E-state index is 12.6. The van der Waals surface area contributed by atoms with Gasteiger partial charge in [-0.2, -0.15) is 0 Å². The van der Waals surface area contributed by atoms with E-state index in [-0.39, 0.29) is 17.9 Å². The van der Waals surface area contributed by atoms with Gasteiger partial charge in [0.15, 0.2) is 5.78 Å². The van der Waals surface area contributed by atoms with Gasteiger partial charge in [-0.05, 0) is 35.9 Å². The van der Waals surface area contributed by atoms with E-state index in [0.29, 0.717) is 16.3 Å². The molecule has 1 heterocycles. The van der Waals surface area contributed by atoms with Gasteiger partial charge in [-0.3, -0.25) is 13.9 Å². The fourth-order valence-electron chi connectivity index (χ4n) is 2.75. The minimum absolute atomic E-state index is 0.0553. The maximum absolute atomic E-state index is 12.6. The lowest BCUT2D eigenvalue weighted by Crippen LogP contribution is -2.19. The van der Waals surface area contributed by atoms with Crippen LogP contribution >= 0.6 is 11.6 Å². The number of halogens is 1. The zero-order chi connectivity index (χ0) is 17.4. The van der Waals surface area contributed by atoms with Gasteiger partial charge in [0.1, 0.15) is 5.75 Å². The first-order valence-corrected chi connectivity index (χ1v) is 7.81. The van der Waals surface area contributed by atoms with Crippen LogP contribution in [0.3, 0.4) is 0 Å². The Morgan fingerprint density at radius 2 is 1.79 bits per heavy atom. The van der Waals surface area contributed by atoms with E-state index in [2.05, 4.69) is 0 Å². The lowest BCUT2D eigenvalue weighted by Gasteiger charge is -2.07. The molecule has 0 amide bonds. The highest BCUT2D eigenvalue weighted by Crippen LogP contribution is 2.24. The first kappa shape index (κ1) is 16.3. The molecule has 0 aliphatic heterocycles. The van der Waals surface area contributed by atoms with Crippen LogP contribution in [0.1, 0.15) is 15.9 Å². The van der Waals surface area contributed by atoms with E-state index in [9.17, 15) is 9.59 Å². The van der Waals surface area contributed by atoms with Gasteiger partial charge < -0.3 is 4.74 Å². The van der Waals surface area contributed by atoms with Crippen LogP contribution in [0.15, 0.2) is 41.2 Å². The molecule has 2 aromatic carbocycles. The van der Waals surface area contributed by atoms with Crippen LogP contribution in [-0.2, 0) is 20.5 Å². The van der Waals surface area contributed by atoms with E-state index in [1.165, 1.54) is 4.57 Å². The van der Waals surface area contributed by atoms with Crippen LogP contribution < -0.4 is 10.4 Å². The van der Waals surface area contributed by atoms with E-state index in [0.717, 1.165) is 16.6 Å². The summed E-state index contributed by atoms with van der Waals surface area (Å²) in [5, 5.41) is 0.496. The van der Waals surface area contributed by atoms with E-state index in [1.54, 1.807) is 62.2 Å². The fraction of sp³-hybridized carbons (Fsp3) is 0.222. The van der Waals surface area contributed by atoms with Crippen LogP contribution in [0.4, 0.5) is 0 Å². The third-order valence-corrected chi connectivity index (χ3v) is 4.56. The van der Waals surface area contributed by atoms with Crippen molar-refractivity contribution in [3.8, 4) is 5.75 Å². The molecule has 0 bridgehead atoms. The van der Waals surface area contributed by atoms with Crippen LogP contribution in [0.25, 0.3) is 11.0 Å². The summed E-state index contributed by atoms with van der Waals surface area (Å²) < 4.78 is 8.20. The summed E-state index contributed by atoms with van der Waals surface area (Å²) >= 11 is 6.20. The van der Waals surface area contributed by atoms with Crippen molar-refractivity contribution in [1.29, 1.82) is 0 Å². The van der Waals surface area contributed by atoms with Crippen molar-refractivity contribution in [1.82, 2.24) is 9.13 Å². The second-order valence-electron chi connectivity index (χ2n) is 5.66. The average Bonchev–Trinajstić information content (AvgIpc) is 2.80. The number of aryl methyl sites for hydroxylation is 2. The largest absolute Gasteiger partial charge is 0.497 e. The second kappa shape index (κ2) is 6.17. The normalized spacial score (nSPS) is 11.0. The molecule has 0 radical (unpaired) electrons. The van der Waals surface area contributed by atoms with Gasteiger partial charge in [0.05, 0.1) is 18.1 Å². The van der Waals surface area contributed by atoms with Crippen molar-refractivity contribution in [2.24, 2.45) is 14.1 Å². The standard InChI is InChI=1S/C18H17ClN2O3/c1-20-15-7-5-12(8-16(15)21(2)18(20)23)17(22)9-11-4-6-13(24-3)10-14(11)19/h4-8,10H,9H2,1-3H3. The minimum Gasteiger partial charge on any atom is -0.497 e. The number of carbonyl (C=O) groups excluding carboxylic acids is 1. The zero-order valence-corrected chi connectivity index (χ0v) is 14.4. The molecule has 3 aromatic rings. The number of rotatable bonds is 4. The molecule has 0 unspecified atom stereocenters. The predicted molar refractivity (Wildman–Crippen MR) is 94.2 cm³/mol. The second-order valence-corrected chi connectivity index (χ2v) is 6.07. The van der Waals surface area contributed by atoms with Crippen molar-refractivity contribution in [2.75, 3.05) is 7.11 Å². The van der Waals surface area contributed by atoms with Crippen molar-refractivity contribution >= 4 is 28.4 Å². The number of fused-ring (bicyclic) bond motifs is 1. The maximum Gasteiger partial charge on any atom is 0.328 e. The molecule has 6 heteroatoms. The first-order valence-electron chi connectivity index (χ1n) is 7.43. The van der Waals surface area contributed by atoms with E-state index in [4.69, 9.17) is 16.3 Å². The molecule has 0 saturated heterocycles. The SMILES string of the molecule is COc1ccc(CC(=O)c2ccc3c(c2)n(C)c(=O)n3C)c(Cl)c1.